The van der Waals surface area contributed by atoms with Crippen molar-refractivity contribution in [2.24, 2.45) is 52.3 Å². The Bertz CT molecular complexity index is 710. The molecule has 0 radical (unpaired) electrons. The molecule has 0 N–H and O–H groups in total. The first kappa shape index (κ1) is 23.4. The third kappa shape index (κ3) is 3.72. The molecule has 3 aliphatic carbocycles. The summed E-state index contributed by atoms with van der Waals surface area (Å²) in [5.41, 5.74) is 2.11. The number of piperidine rings is 1. The molecule has 0 bridgehead atoms. The van der Waals surface area contributed by atoms with Gasteiger partial charge in [-0.2, -0.15) is 0 Å². The molecule has 2 nitrogen and oxygen atoms in total. The van der Waals surface area contributed by atoms with Crippen LogP contribution in [0.25, 0.3) is 0 Å². The summed E-state index contributed by atoms with van der Waals surface area (Å²) in [5, 5.41) is 0. The Hall–Kier alpha value is -0.790. The Balaban J connectivity index is 1.60. The Labute approximate surface area is 192 Å². The molecule has 176 valence electrons. The van der Waals surface area contributed by atoms with Crippen LogP contribution >= 0.6 is 0 Å². The fourth-order valence-electron chi connectivity index (χ4n) is 9.12. The van der Waals surface area contributed by atoms with Crippen LogP contribution in [0.3, 0.4) is 0 Å². The van der Waals surface area contributed by atoms with Gasteiger partial charge in [0.1, 0.15) is 0 Å². The normalized spacial score (nSPS) is 43.4. The fraction of sp³-hybridized carbons (Fsp3) is 0.897. The minimum absolute atomic E-state index is 0.210. The molecule has 2 heteroatoms. The van der Waals surface area contributed by atoms with Crippen molar-refractivity contribution in [3.63, 3.8) is 0 Å². The van der Waals surface area contributed by atoms with Crippen LogP contribution in [-0.4, -0.2) is 17.9 Å². The van der Waals surface area contributed by atoms with E-state index in [-0.39, 0.29) is 5.41 Å². The Morgan fingerprint density at radius 1 is 1.06 bits per heavy atom. The minimum atomic E-state index is 0.210. The van der Waals surface area contributed by atoms with E-state index in [9.17, 15) is 4.79 Å². The predicted octanol–water partition coefficient (Wildman–Crippen LogP) is 7.69. The number of allylic oxidation sites excluding steroid dienone is 2. The summed E-state index contributed by atoms with van der Waals surface area (Å²) in [4.78, 5) is 14.5. The highest BCUT2D eigenvalue weighted by Crippen LogP contribution is 2.68. The first-order chi connectivity index (χ1) is 14.6. The molecule has 0 aromatic rings. The molecule has 1 heterocycles. The van der Waals surface area contributed by atoms with E-state index in [1.54, 1.807) is 0 Å². The smallest absolute Gasteiger partial charge is 0.226 e. The number of nitrogens with zero attached hydrogens (tertiary/aromatic N) is 1. The van der Waals surface area contributed by atoms with Gasteiger partial charge in [-0.25, -0.2) is 0 Å². The van der Waals surface area contributed by atoms with Crippen LogP contribution in [0, 0.1) is 52.3 Å². The van der Waals surface area contributed by atoms with Gasteiger partial charge in [-0.15, -0.1) is 0 Å². The van der Waals surface area contributed by atoms with E-state index in [2.05, 4.69) is 47.6 Å². The number of likely N-dealkylation sites (tertiary alicyclic amines) is 1. The maximum absolute atomic E-state index is 12.5. The average molecular weight is 428 g/mol. The summed E-state index contributed by atoms with van der Waals surface area (Å²) in [6.45, 7) is 14.9. The van der Waals surface area contributed by atoms with Crippen molar-refractivity contribution < 1.29 is 4.79 Å². The Kier molecular flexibility index (Phi) is 6.43. The molecule has 2 saturated carbocycles. The standard InChI is InChI=1S/C29H49NO/c1-8-21-18-25-29(6,17-15-26(31)30(25)7)24-14-16-28(5)22(12-13-23(28)27(21)24)20(4)11-9-10-19(2)3/h18-24,27H,8-17H2,1-7H3/t20-,21+,22-,23+,24+,27+,28-,29-/m1/s1. The Morgan fingerprint density at radius 2 is 1.81 bits per heavy atom. The average Bonchev–Trinajstić information content (AvgIpc) is 3.08. The third-order valence-corrected chi connectivity index (χ3v) is 10.9. The van der Waals surface area contributed by atoms with Crippen LogP contribution in [0.2, 0.25) is 0 Å². The van der Waals surface area contributed by atoms with Gasteiger partial charge in [0.05, 0.1) is 0 Å². The van der Waals surface area contributed by atoms with Crippen molar-refractivity contribution in [1.29, 1.82) is 0 Å². The number of hydrogen-bond donors (Lipinski definition) is 0. The van der Waals surface area contributed by atoms with Gasteiger partial charge in [0.25, 0.3) is 0 Å². The molecular weight excluding hydrogens is 378 g/mol. The highest BCUT2D eigenvalue weighted by Gasteiger charge is 2.61. The zero-order valence-corrected chi connectivity index (χ0v) is 21.5. The molecule has 3 fully saturated rings. The number of carbonyl (C=O) groups is 1. The summed E-state index contributed by atoms with van der Waals surface area (Å²) in [6.07, 6.45) is 15.5. The lowest BCUT2D eigenvalue weighted by atomic mass is 9.46. The van der Waals surface area contributed by atoms with Crippen LogP contribution in [0.15, 0.2) is 11.8 Å². The van der Waals surface area contributed by atoms with Gasteiger partial charge in [0.15, 0.2) is 0 Å². The van der Waals surface area contributed by atoms with Crippen molar-refractivity contribution in [3.8, 4) is 0 Å². The second kappa shape index (κ2) is 8.53. The van der Waals surface area contributed by atoms with Crippen LogP contribution in [-0.2, 0) is 4.79 Å². The lowest BCUT2D eigenvalue weighted by molar-refractivity contribution is -0.137. The van der Waals surface area contributed by atoms with Crippen LogP contribution < -0.4 is 0 Å². The summed E-state index contributed by atoms with van der Waals surface area (Å²) in [7, 11) is 2.04. The van der Waals surface area contributed by atoms with Crippen molar-refractivity contribution >= 4 is 5.91 Å². The molecule has 31 heavy (non-hydrogen) atoms. The summed E-state index contributed by atoms with van der Waals surface area (Å²) in [6, 6.07) is 0. The van der Waals surface area contributed by atoms with E-state index in [4.69, 9.17) is 0 Å². The van der Waals surface area contributed by atoms with Gasteiger partial charge in [-0.1, -0.05) is 66.9 Å². The second-order valence-electron chi connectivity index (χ2n) is 12.8. The maximum atomic E-state index is 12.5. The van der Waals surface area contributed by atoms with Crippen LogP contribution in [0.5, 0.6) is 0 Å². The summed E-state index contributed by atoms with van der Waals surface area (Å²) < 4.78 is 0. The second-order valence-corrected chi connectivity index (χ2v) is 12.8. The highest BCUT2D eigenvalue weighted by atomic mass is 16.2. The molecule has 0 unspecified atom stereocenters. The zero-order chi connectivity index (χ0) is 22.6. The minimum Gasteiger partial charge on any atom is -0.319 e. The van der Waals surface area contributed by atoms with E-state index >= 15 is 0 Å². The quantitative estimate of drug-likeness (QED) is 0.425. The monoisotopic (exact) mass is 427 g/mol. The summed E-state index contributed by atoms with van der Waals surface area (Å²) >= 11 is 0. The molecule has 1 aliphatic heterocycles. The van der Waals surface area contributed by atoms with Gasteiger partial charge < -0.3 is 4.90 Å². The number of carbonyl (C=O) groups excluding carboxylic acids is 1. The van der Waals surface area contributed by atoms with E-state index < -0.39 is 0 Å². The van der Waals surface area contributed by atoms with Gasteiger partial charge in [-0.3, -0.25) is 4.79 Å². The number of hydrogen-bond acceptors (Lipinski definition) is 1. The maximum Gasteiger partial charge on any atom is 0.226 e. The van der Waals surface area contributed by atoms with Crippen LogP contribution in [0.4, 0.5) is 0 Å². The van der Waals surface area contributed by atoms with Crippen molar-refractivity contribution in [1.82, 2.24) is 4.90 Å². The molecule has 8 atom stereocenters. The largest absolute Gasteiger partial charge is 0.319 e. The van der Waals surface area contributed by atoms with Gasteiger partial charge in [0.2, 0.25) is 5.91 Å². The van der Waals surface area contributed by atoms with E-state index in [1.165, 1.54) is 57.1 Å². The molecule has 1 saturated heterocycles. The lowest BCUT2D eigenvalue weighted by Crippen LogP contribution is -2.56. The van der Waals surface area contributed by atoms with E-state index in [1.807, 2.05) is 11.9 Å². The number of amides is 1. The lowest BCUT2D eigenvalue weighted by Gasteiger charge is -2.60. The van der Waals surface area contributed by atoms with Crippen molar-refractivity contribution in [2.45, 2.75) is 106 Å². The van der Waals surface area contributed by atoms with Crippen LogP contribution in [0.1, 0.15) is 106 Å². The van der Waals surface area contributed by atoms with Gasteiger partial charge in [0, 0.05) is 24.6 Å². The van der Waals surface area contributed by atoms with Crippen molar-refractivity contribution in [2.75, 3.05) is 7.05 Å². The Morgan fingerprint density at radius 3 is 2.48 bits per heavy atom. The topological polar surface area (TPSA) is 20.3 Å². The van der Waals surface area contributed by atoms with E-state index in [0.717, 1.165) is 48.3 Å². The highest BCUT2D eigenvalue weighted by molar-refractivity contribution is 5.79. The molecule has 0 spiro atoms. The van der Waals surface area contributed by atoms with Gasteiger partial charge >= 0.3 is 0 Å². The van der Waals surface area contributed by atoms with Crippen molar-refractivity contribution in [3.05, 3.63) is 11.8 Å². The molecule has 1 amide bonds. The third-order valence-electron chi connectivity index (χ3n) is 10.9. The first-order valence-electron chi connectivity index (χ1n) is 13.6. The molecule has 0 aromatic carbocycles. The molecule has 0 aromatic heterocycles. The van der Waals surface area contributed by atoms with Gasteiger partial charge in [-0.05, 0) is 85.4 Å². The number of fused-ring (bicyclic) bond motifs is 5. The molecule has 4 aliphatic rings. The number of rotatable bonds is 6. The molecular formula is C29H49NO. The fourth-order valence-corrected chi connectivity index (χ4v) is 9.12. The van der Waals surface area contributed by atoms with E-state index in [0.29, 0.717) is 17.2 Å². The predicted molar refractivity (Wildman–Crippen MR) is 130 cm³/mol. The summed E-state index contributed by atoms with van der Waals surface area (Å²) in [5.74, 6) is 6.07. The zero-order valence-electron chi connectivity index (χ0n) is 21.5. The molecule has 4 rings (SSSR count). The SMILES string of the molecule is CC[C@H]1C=C2N(C)C(=O)CC[C@]2(C)[C@H]2CC[C@]3(C)[C@@H]([C@H](C)CCCC(C)C)CC[C@H]3[C@H]12. The first-order valence-corrected chi connectivity index (χ1v) is 13.6.